The number of carbonyl (C=O) groups is 2. The lowest BCUT2D eigenvalue weighted by molar-refractivity contribution is 0.00581. The predicted molar refractivity (Wildman–Crippen MR) is 69.4 cm³/mol. The van der Waals surface area contributed by atoms with Crippen LogP contribution >= 0.6 is 0 Å². The standard InChI is InChI=1S/C14H15F3O5/c1-14(2,3)22-13(19)7-6(12(18)21-5)8(15)10(17)11(20-4)9(7)16/h1-5H3. The minimum atomic E-state index is -1.76. The second-order valence-corrected chi connectivity index (χ2v) is 5.22. The van der Waals surface area contributed by atoms with Gasteiger partial charge < -0.3 is 14.2 Å². The number of rotatable bonds is 3. The largest absolute Gasteiger partial charge is 0.491 e. The van der Waals surface area contributed by atoms with Crippen LogP contribution in [0.4, 0.5) is 13.2 Å². The van der Waals surface area contributed by atoms with Crippen LogP contribution in [0.15, 0.2) is 0 Å². The van der Waals surface area contributed by atoms with Crippen LogP contribution < -0.4 is 4.74 Å². The molecule has 0 fully saturated rings. The van der Waals surface area contributed by atoms with Gasteiger partial charge in [-0.25, -0.2) is 18.4 Å². The Morgan fingerprint density at radius 1 is 0.864 bits per heavy atom. The van der Waals surface area contributed by atoms with Crippen molar-refractivity contribution in [1.29, 1.82) is 0 Å². The summed E-state index contributed by atoms with van der Waals surface area (Å²) < 4.78 is 55.5. The van der Waals surface area contributed by atoms with E-state index in [0.717, 1.165) is 14.2 Å². The fraction of sp³-hybridized carbons (Fsp3) is 0.429. The van der Waals surface area contributed by atoms with Crippen molar-refractivity contribution in [3.63, 3.8) is 0 Å². The van der Waals surface area contributed by atoms with Gasteiger partial charge in [0.1, 0.15) is 16.7 Å². The quantitative estimate of drug-likeness (QED) is 0.633. The summed E-state index contributed by atoms with van der Waals surface area (Å²) in [6.45, 7) is 4.45. The highest BCUT2D eigenvalue weighted by Crippen LogP contribution is 2.32. The van der Waals surface area contributed by atoms with Gasteiger partial charge in [-0.2, -0.15) is 4.39 Å². The van der Waals surface area contributed by atoms with E-state index < -0.39 is 51.9 Å². The molecule has 1 rings (SSSR count). The van der Waals surface area contributed by atoms with Gasteiger partial charge >= 0.3 is 11.9 Å². The van der Waals surface area contributed by atoms with E-state index in [1.54, 1.807) is 0 Å². The van der Waals surface area contributed by atoms with E-state index in [1.807, 2.05) is 0 Å². The van der Waals surface area contributed by atoms with Crippen LogP contribution in [0.5, 0.6) is 5.75 Å². The first kappa shape index (κ1) is 17.8. The molecular formula is C14H15F3O5. The first-order valence-corrected chi connectivity index (χ1v) is 6.11. The van der Waals surface area contributed by atoms with Gasteiger partial charge in [-0.3, -0.25) is 0 Å². The molecule has 0 N–H and O–H groups in total. The van der Waals surface area contributed by atoms with Crippen molar-refractivity contribution >= 4 is 11.9 Å². The molecule has 0 aliphatic rings. The summed E-state index contributed by atoms with van der Waals surface area (Å²) in [5, 5.41) is 0. The molecule has 1 aromatic rings. The second kappa shape index (κ2) is 6.25. The molecule has 0 aromatic heterocycles. The van der Waals surface area contributed by atoms with Crippen molar-refractivity contribution in [2.24, 2.45) is 0 Å². The summed E-state index contributed by atoms with van der Waals surface area (Å²) in [7, 11) is 1.76. The Hall–Kier alpha value is -2.25. The number of methoxy groups -OCH3 is 2. The van der Waals surface area contributed by atoms with E-state index in [-0.39, 0.29) is 0 Å². The molecule has 0 atom stereocenters. The molecule has 0 amide bonds. The Morgan fingerprint density at radius 2 is 1.36 bits per heavy atom. The highest BCUT2D eigenvalue weighted by atomic mass is 19.2. The van der Waals surface area contributed by atoms with Crippen molar-refractivity contribution in [3.8, 4) is 5.75 Å². The van der Waals surface area contributed by atoms with Crippen molar-refractivity contribution < 1.29 is 37.0 Å². The zero-order valence-electron chi connectivity index (χ0n) is 12.7. The van der Waals surface area contributed by atoms with Gasteiger partial charge in [0.05, 0.1) is 14.2 Å². The molecule has 0 saturated heterocycles. The maximum atomic E-state index is 14.3. The normalized spacial score (nSPS) is 11.1. The average molecular weight is 320 g/mol. The molecule has 0 radical (unpaired) electrons. The number of hydrogen-bond donors (Lipinski definition) is 0. The molecule has 122 valence electrons. The summed E-state index contributed by atoms with van der Waals surface area (Å²) >= 11 is 0. The smallest absolute Gasteiger partial charge is 0.342 e. The highest BCUT2D eigenvalue weighted by Gasteiger charge is 2.35. The Labute approximate surface area is 125 Å². The molecular weight excluding hydrogens is 305 g/mol. The summed E-state index contributed by atoms with van der Waals surface area (Å²) in [5.74, 6) is -8.94. The van der Waals surface area contributed by atoms with Gasteiger partial charge in [-0.1, -0.05) is 0 Å². The number of ether oxygens (including phenoxy) is 3. The fourth-order valence-electron chi connectivity index (χ4n) is 1.63. The third-order valence-electron chi connectivity index (χ3n) is 2.48. The minimum absolute atomic E-state index is 0.876. The van der Waals surface area contributed by atoms with Crippen molar-refractivity contribution in [3.05, 3.63) is 28.6 Å². The number of carbonyl (C=O) groups excluding carboxylic acids is 2. The van der Waals surface area contributed by atoms with Crippen molar-refractivity contribution in [1.82, 2.24) is 0 Å². The monoisotopic (exact) mass is 320 g/mol. The summed E-state index contributed by atoms with van der Waals surface area (Å²) in [4.78, 5) is 23.6. The van der Waals surface area contributed by atoms with Gasteiger partial charge in [-0.05, 0) is 20.8 Å². The van der Waals surface area contributed by atoms with E-state index in [0.29, 0.717) is 0 Å². The zero-order chi connectivity index (χ0) is 17.2. The molecule has 5 nitrogen and oxygen atoms in total. The van der Waals surface area contributed by atoms with Gasteiger partial charge in [0.25, 0.3) is 0 Å². The Balaban J connectivity index is 3.69. The third-order valence-corrected chi connectivity index (χ3v) is 2.48. The van der Waals surface area contributed by atoms with Crippen LogP contribution in [0.3, 0.4) is 0 Å². The summed E-state index contributed by atoms with van der Waals surface area (Å²) in [6, 6.07) is 0. The number of halogens is 3. The molecule has 1 aromatic carbocycles. The van der Waals surface area contributed by atoms with E-state index in [4.69, 9.17) is 4.74 Å². The SMILES string of the molecule is COC(=O)c1c(F)c(F)c(OC)c(F)c1C(=O)OC(C)(C)C. The van der Waals surface area contributed by atoms with E-state index in [1.165, 1.54) is 20.8 Å². The molecule has 0 aliphatic heterocycles. The minimum Gasteiger partial charge on any atom is -0.491 e. The zero-order valence-corrected chi connectivity index (χ0v) is 12.7. The topological polar surface area (TPSA) is 61.8 Å². The van der Waals surface area contributed by atoms with E-state index in [9.17, 15) is 22.8 Å². The van der Waals surface area contributed by atoms with E-state index >= 15 is 0 Å². The Morgan fingerprint density at radius 3 is 1.77 bits per heavy atom. The molecule has 0 unspecified atom stereocenters. The number of hydrogen-bond acceptors (Lipinski definition) is 5. The molecule has 22 heavy (non-hydrogen) atoms. The molecule has 0 bridgehead atoms. The lowest BCUT2D eigenvalue weighted by atomic mass is 10.0. The highest BCUT2D eigenvalue weighted by molar-refractivity contribution is 6.04. The first-order valence-electron chi connectivity index (χ1n) is 6.11. The van der Waals surface area contributed by atoms with Gasteiger partial charge in [-0.15, -0.1) is 0 Å². The van der Waals surface area contributed by atoms with Crippen molar-refractivity contribution in [2.75, 3.05) is 14.2 Å². The van der Waals surface area contributed by atoms with E-state index in [2.05, 4.69) is 9.47 Å². The van der Waals surface area contributed by atoms with Gasteiger partial charge in [0.2, 0.25) is 5.82 Å². The summed E-state index contributed by atoms with van der Waals surface area (Å²) in [6.07, 6.45) is 0. The van der Waals surface area contributed by atoms with Crippen LogP contribution in [0.25, 0.3) is 0 Å². The van der Waals surface area contributed by atoms with Gasteiger partial charge in [0, 0.05) is 0 Å². The van der Waals surface area contributed by atoms with Crippen molar-refractivity contribution in [2.45, 2.75) is 26.4 Å². The van der Waals surface area contributed by atoms with Crippen LogP contribution in [0, 0.1) is 17.5 Å². The van der Waals surface area contributed by atoms with Crippen LogP contribution in [-0.4, -0.2) is 31.8 Å². The summed E-state index contributed by atoms with van der Waals surface area (Å²) in [5.41, 5.74) is -3.32. The maximum Gasteiger partial charge on any atom is 0.342 e. The average Bonchev–Trinajstić information content (AvgIpc) is 2.40. The van der Waals surface area contributed by atoms with Gasteiger partial charge in [0.15, 0.2) is 17.4 Å². The molecule has 0 heterocycles. The van der Waals surface area contributed by atoms with Crippen LogP contribution in [0.2, 0.25) is 0 Å². The Kier molecular flexibility index (Phi) is 5.05. The number of esters is 2. The molecule has 0 spiro atoms. The number of benzene rings is 1. The Bertz CT molecular complexity index is 620. The fourth-order valence-corrected chi connectivity index (χ4v) is 1.63. The lowest BCUT2D eigenvalue weighted by Crippen LogP contribution is -2.27. The van der Waals surface area contributed by atoms with Crippen LogP contribution in [0.1, 0.15) is 41.5 Å². The van der Waals surface area contributed by atoms with Crippen LogP contribution in [-0.2, 0) is 9.47 Å². The second-order valence-electron chi connectivity index (χ2n) is 5.22. The molecule has 8 heteroatoms. The first-order chi connectivity index (χ1) is 10.0. The molecule has 0 aliphatic carbocycles. The predicted octanol–water partition coefficient (Wildman–Crippen LogP) is 2.85. The molecule has 0 saturated carbocycles. The lowest BCUT2D eigenvalue weighted by Gasteiger charge is -2.21. The maximum absolute atomic E-state index is 14.3. The third kappa shape index (κ3) is 3.32.